The van der Waals surface area contributed by atoms with Crippen LogP contribution < -0.4 is 0 Å². The molecule has 1 aliphatic rings. The molecule has 1 fully saturated rings. The molecule has 0 atom stereocenters. The molecule has 0 bridgehead atoms. The molecule has 0 N–H and O–H groups in total. The van der Waals surface area contributed by atoms with Gasteiger partial charge in [-0.1, -0.05) is 0 Å². The monoisotopic (exact) mass is 359 g/mol. The van der Waals surface area contributed by atoms with Gasteiger partial charge < -0.3 is 4.90 Å². The Bertz CT molecular complexity index is 828. The number of carbonyl (C=O) groups is 1. The van der Waals surface area contributed by atoms with Crippen molar-refractivity contribution in [3.05, 3.63) is 59.9 Å². The van der Waals surface area contributed by atoms with Crippen LogP contribution in [0.2, 0.25) is 0 Å². The summed E-state index contributed by atoms with van der Waals surface area (Å²) in [4.78, 5) is 21.0. The van der Waals surface area contributed by atoms with Crippen LogP contribution in [0.15, 0.2) is 53.7 Å². The van der Waals surface area contributed by atoms with Crippen molar-refractivity contribution in [2.24, 2.45) is 0 Å². The molecule has 25 heavy (non-hydrogen) atoms. The van der Waals surface area contributed by atoms with Crippen LogP contribution in [-0.4, -0.2) is 61.5 Å². The average Bonchev–Trinajstić information content (AvgIpc) is 2.62. The summed E-state index contributed by atoms with van der Waals surface area (Å²) in [7, 11) is -3.24. The molecule has 0 saturated carbocycles. The van der Waals surface area contributed by atoms with Crippen LogP contribution in [0.5, 0.6) is 0 Å². The van der Waals surface area contributed by atoms with Gasteiger partial charge in [0.05, 0.1) is 4.90 Å². The summed E-state index contributed by atoms with van der Waals surface area (Å²) in [5, 5.41) is 0. The van der Waals surface area contributed by atoms with Crippen molar-refractivity contribution in [1.82, 2.24) is 14.8 Å². The Morgan fingerprint density at radius 1 is 1.00 bits per heavy atom. The highest BCUT2D eigenvalue weighted by Gasteiger charge is 2.22. The summed E-state index contributed by atoms with van der Waals surface area (Å²) in [6.45, 7) is 3.81. The van der Waals surface area contributed by atoms with Gasteiger partial charge in [-0.25, -0.2) is 8.42 Å². The molecule has 132 valence electrons. The molecular weight excluding hydrogens is 338 g/mol. The number of sulfone groups is 1. The van der Waals surface area contributed by atoms with Crippen LogP contribution in [-0.2, 0) is 16.4 Å². The predicted octanol–water partition coefficient (Wildman–Crippen LogP) is 1.44. The van der Waals surface area contributed by atoms with E-state index in [4.69, 9.17) is 0 Å². The summed E-state index contributed by atoms with van der Waals surface area (Å²) >= 11 is 0. The van der Waals surface area contributed by atoms with E-state index in [1.807, 2.05) is 17.0 Å². The minimum atomic E-state index is -3.24. The van der Waals surface area contributed by atoms with E-state index >= 15 is 0 Å². The highest BCUT2D eigenvalue weighted by molar-refractivity contribution is 7.90. The zero-order valence-electron chi connectivity index (χ0n) is 14.1. The Morgan fingerprint density at radius 2 is 1.60 bits per heavy atom. The fourth-order valence-corrected chi connectivity index (χ4v) is 3.51. The van der Waals surface area contributed by atoms with Gasteiger partial charge in [-0.2, -0.15) is 0 Å². The summed E-state index contributed by atoms with van der Waals surface area (Å²) in [5.74, 6) is -0.0522. The van der Waals surface area contributed by atoms with Gasteiger partial charge in [0.2, 0.25) is 0 Å². The molecule has 1 amide bonds. The molecule has 3 rings (SSSR count). The highest BCUT2D eigenvalue weighted by atomic mass is 32.2. The van der Waals surface area contributed by atoms with Gasteiger partial charge in [-0.15, -0.1) is 0 Å². The van der Waals surface area contributed by atoms with Gasteiger partial charge in [0.15, 0.2) is 9.84 Å². The van der Waals surface area contributed by atoms with Crippen LogP contribution >= 0.6 is 0 Å². The van der Waals surface area contributed by atoms with Gasteiger partial charge in [-0.3, -0.25) is 14.7 Å². The lowest BCUT2D eigenvalue weighted by molar-refractivity contribution is 0.0628. The first kappa shape index (κ1) is 17.6. The van der Waals surface area contributed by atoms with E-state index in [1.54, 1.807) is 24.5 Å². The normalized spacial score (nSPS) is 16.0. The summed E-state index contributed by atoms with van der Waals surface area (Å²) in [6.07, 6.45) is 4.73. The van der Waals surface area contributed by atoms with Gasteiger partial charge in [0.25, 0.3) is 5.91 Å². The number of rotatable bonds is 4. The molecule has 2 aromatic rings. The second-order valence-electron chi connectivity index (χ2n) is 6.22. The molecule has 6 nitrogen and oxygen atoms in total. The molecule has 0 unspecified atom stereocenters. The van der Waals surface area contributed by atoms with Crippen LogP contribution in [0, 0.1) is 0 Å². The van der Waals surface area contributed by atoms with Gasteiger partial charge in [0, 0.05) is 56.9 Å². The summed E-state index contributed by atoms with van der Waals surface area (Å²) < 4.78 is 23.0. The van der Waals surface area contributed by atoms with Crippen molar-refractivity contribution in [2.45, 2.75) is 11.4 Å². The largest absolute Gasteiger partial charge is 0.336 e. The molecule has 0 aliphatic carbocycles. The van der Waals surface area contributed by atoms with Crippen molar-refractivity contribution in [3.63, 3.8) is 0 Å². The van der Waals surface area contributed by atoms with E-state index in [0.717, 1.165) is 25.9 Å². The number of hydrogen-bond donors (Lipinski definition) is 0. The number of benzene rings is 1. The minimum Gasteiger partial charge on any atom is -0.336 e. The van der Waals surface area contributed by atoms with Crippen molar-refractivity contribution in [1.29, 1.82) is 0 Å². The molecule has 1 aromatic carbocycles. The van der Waals surface area contributed by atoms with E-state index in [0.29, 0.717) is 18.7 Å². The Kier molecular flexibility index (Phi) is 5.15. The Labute approximate surface area is 148 Å². The molecule has 1 aromatic heterocycles. The molecule has 0 spiro atoms. The Balaban J connectivity index is 1.58. The summed E-state index contributed by atoms with van der Waals surface area (Å²) in [6, 6.07) is 10.1. The molecule has 7 heteroatoms. The highest BCUT2D eigenvalue weighted by Crippen LogP contribution is 2.14. The average molecular weight is 359 g/mol. The van der Waals surface area contributed by atoms with E-state index in [-0.39, 0.29) is 10.8 Å². The maximum atomic E-state index is 12.6. The number of carbonyl (C=O) groups excluding carboxylic acids is 1. The lowest BCUT2D eigenvalue weighted by atomic mass is 10.1. The fourth-order valence-electron chi connectivity index (χ4n) is 2.88. The van der Waals surface area contributed by atoms with Crippen molar-refractivity contribution >= 4 is 15.7 Å². The van der Waals surface area contributed by atoms with Crippen LogP contribution in [0.25, 0.3) is 0 Å². The maximum absolute atomic E-state index is 12.6. The van der Waals surface area contributed by atoms with E-state index in [1.165, 1.54) is 17.7 Å². The van der Waals surface area contributed by atoms with E-state index in [9.17, 15) is 13.2 Å². The zero-order chi connectivity index (χ0) is 17.9. The number of piperazine rings is 1. The first-order valence-corrected chi connectivity index (χ1v) is 10.0. The number of hydrogen-bond acceptors (Lipinski definition) is 5. The lowest BCUT2D eigenvalue weighted by Gasteiger charge is -2.34. The first-order valence-electron chi connectivity index (χ1n) is 8.14. The van der Waals surface area contributed by atoms with E-state index in [2.05, 4.69) is 9.88 Å². The van der Waals surface area contributed by atoms with Crippen LogP contribution in [0.1, 0.15) is 15.9 Å². The second-order valence-corrected chi connectivity index (χ2v) is 8.24. The third-order valence-corrected chi connectivity index (χ3v) is 5.47. The number of aromatic nitrogens is 1. The fraction of sp³-hybridized carbons (Fsp3) is 0.333. The smallest absolute Gasteiger partial charge is 0.253 e. The van der Waals surface area contributed by atoms with Gasteiger partial charge in [-0.05, 0) is 42.0 Å². The second kappa shape index (κ2) is 7.33. The molecule has 2 heterocycles. The van der Waals surface area contributed by atoms with Crippen molar-refractivity contribution < 1.29 is 13.2 Å². The number of pyridine rings is 1. The summed E-state index contributed by atoms with van der Waals surface area (Å²) in [5.41, 5.74) is 1.74. The third kappa shape index (κ3) is 4.43. The molecule has 1 saturated heterocycles. The van der Waals surface area contributed by atoms with Gasteiger partial charge >= 0.3 is 0 Å². The topological polar surface area (TPSA) is 70.6 Å². The lowest BCUT2D eigenvalue weighted by Crippen LogP contribution is -2.48. The first-order chi connectivity index (χ1) is 11.9. The maximum Gasteiger partial charge on any atom is 0.253 e. The molecule has 0 radical (unpaired) electrons. The third-order valence-electron chi connectivity index (χ3n) is 4.34. The Hall–Kier alpha value is -2.25. The van der Waals surface area contributed by atoms with Gasteiger partial charge in [0.1, 0.15) is 0 Å². The van der Waals surface area contributed by atoms with Crippen LogP contribution in [0.4, 0.5) is 0 Å². The standard InChI is InChI=1S/C18H21N3O3S/c1-25(23,24)17-4-2-16(3-5-17)18(22)21-12-10-20(11-13-21)14-15-6-8-19-9-7-15/h2-9H,10-14H2,1H3. The van der Waals surface area contributed by atoms with Crippen LogP contribution in [0.3, 0.4) is 0 Å². The minimum absolute atomic E-state index is 0.0522. The number of nitrogens with zero attached hydrogens (tertiary/aromatic N) is 3. The SMILES string of the molecule is CS(=O)(=O)c1ccc(C(=O)N2CCN(Cc3ccncc3)CC2)cc1. The van der Waals surface area contributed by atoms with Crippen molar-refractivity contribution in [2.75, 3.05) is 32.4 Å². The van der Waals surface area contributed by atoms with E-state index < -0.39 is 9.84 Å². The zero-order valence-corrected chi connectivity index (χ0v) is 14.9. The van der Waals surface area contributed by atoms with Crippen molar-refractivity contribution in [3.8, 4) is 0 Å². The number of amides is 1. The molecular formula is C18H21N3O3S. The Morgan fingerprint density at radius 3 is 2.16 bits per heavy atom. The quantitative estimate of drug-likeness (QED) is 0.826. The predicted molar refractivity (Wildman–Crippen MR) is 95.0 cm³/mol. The molecule has 1 aliphatic heterocycles.